The van der Waals surface area contributed by atoms with Crippen molar-refractivity contribution in [2.75, 3.05) is 54.9 Å². The van der Waals surface area contributed by atoms with Gasteiger partial charge in [0, 0.05) is 38.8 Å². The van der Waals surface area contributed by atoms with Gasteiger partial charge in [-0.3, -0.25) is 9.69 Å². The summed E-state index contributed by atoms with van der Waals surface area (Å²) in [6, 6.07) is 7.37. The summed E-state index contributed by atoms with van der Waals surface area (Å²) in [5, 5.41) is 16.2. The number of nitrogens with one attached hydrogen (secondary N) is 2. The van der Waals surface area contributed by atoms with E-state index in [1.807, 2.05) is 32.0 Å². The van der Waals surface area contributed by atoms with E-state index in [-0.39, 0.29) is 37.3 Å². The molecule has 9 nitrogen and oxygen atoms in total. The molecule has 1 aliphatic heterocycles. The molecule has 1 saturated heterocycles. The van der Waals surface area contributed by atoms with Gasteiger partial charge in [0.15, 0.2) is 5.13 Å². The van der Waals surface area contributed by atoms with Crippen molar-refractivity contribution in [3.63, 3.8) is 0 Å². The van der Waals surface area contributed by atoms with Crippen molar-refractivity contribution in [3.05, 3.63) is 51.7 Å². The third-order valence-electron chi connectivity index (χ3n) is 5.36. The van der Waals surface area contributed by atoms with Crippen LogP contribution in [0.5, 0.6) is 0 Å². The number of aromatic nitrogens is 3. The van der Waals surface area contributed by atoms with Crippen LogP contribution in [0.15, 0.2) is 30.5 Å². The Balaban J connectivity index is 0.00000216. The van der Waals surface area contributed by atoms with Crippen LogP contribution in [0.25, 0.3) is 0 Å². The molecule has 2 aromatic heterocycles. The van der Waals surface area contributed by atoms with E-state index in [1.165, 1.54) is 17.5 Å². The second-order valence-corrected chi connectivity index (χ2v) is 9.19. The number of carbonyl (C=O) groups is 1. The number of rotatable bonds is 7. The Morgan fingerprint density at radius 3 is 2.60 bits per heavy atom. The molecule has 3 aromatic rings. The molecule has 1 aromatic carbocycles. The molecule has 0 radical (unpaired) electrons. The summed E-state index contributed by atoms with van der Waals surface area (Å²) in [6.07, 6.45) is 1.53. The van der Waals surface area contributed by atoms with Crippen LogP contribution in [0.1, 0.15) is 21.1 Å². The first-order valence-electron chi connectivity index (χ1n) is 10.7. The van der Waals surface area contributed by atoms with Gasteiger partial charge in [-0.25, -0.2) is 15.0 Å². The largest absolute Gasteiger partial charge is 0.395 e. The second-order valence-electron chi connectivity index (χ2n) is 7.75. The van der Waals surface area contributed by atoms with Gasteiger partial charge < -0.3 is 20.6 Å². The van der Waals surface area contributed by atoms with Crippen molar-refractivity contribution >= 4 is 76.1 Å². The molecule has 3 heterocycles. The molecule has 1 amide bonds. The Labute approximate surface area is 225 Å². The lowest BCUT2D eigenvalue weighted by Gasteiger charge is -2.35. The highest BCUT2D eigenvalue weighted by atomic mass is 35.5. The van der Waals surface area contributed by atoms with Gasteiger partial charge >= 0.3 is 0 Å². The zero-order valence-electron chi connectivity index (χ0n) is 19.3. The number of β-amino-alcohol motifs (C(OH)–C–C–N with tert-alkyl or cyclic N) is 1. The minimum atomic E-state index is -0.267. The Morgan fingerprint density at radius 1 is 1.17 bits per heavy atom. The van der Waals surface area contributed by atoms with Crippen molar-refractivity contribution in [2.45, 2.75) is 13.8 Å². The smallest absolute Gasteiger partial charge is 0.267 e. The van der Waals surface area contributed by atoms with Crippen LogP contribution >= 0.6 is 47.8 Å². The summed E-state index contributed by atoms with van der Waals surface area (Å²) in [6.45, 7) is 8.03. The van der Waals surface area contributed by atoms with E-state index in [0.29, 0.717) is 38.9 Å². The van der Waals surface area contributed by atoms with Crippen LogP contribution < -0.4 is 15.5 Å². The summed E-state index contributed by atoms with van der Waals surface area (Å²) >= 11 is 7.46. The monoisotopic (exact) mass is 559 g/mol. The first-order valence-corrected chi connectivity index (χ1v) is 11.9. The Hall–Kier alpha value is -2.21. The Kier molecular flexibility index (Phi) is 10.9. The minimum Gasteiger partial charge on any atom is -0.395 e. The summed E-state index contributed by atoms with van der Waals surface area (Å²) < 4.78 is 0. The van der Waals surface area contributed by atoms with Crippen LogP contribution in [0.3, 0.4) is 0 Å². The lowest BCUT2D eigenvalue weighted by molar-refractivity contribution is 0.103. The summed E-state index contributed by atoms with van der Waals surface area (Å²) in [4.78, 5) is 31.0. The van der Waals surface area contributed by atoms with Gasteiger partial charge in [-0.2, -0.15) is 0 Å². The van der Waals surface area contributed by atoms with Gasteiger partial charge in [0.25, 0.3) is 5.91 Å². The maximum Gasteiger partial charge on any atom is 0.267 e. The average molecular weight is 561 g/mol. The average Bonchev–Trinajstić information content (AvgIpc) is 3.25. The lowest BCUT2D eigenvalue weighted by Crippen LogP contribution is -2.47. The molecule has 0 aliphatic carbocycles. The maximum absolute atomic E-state index is 12.7. The summed E-state index contributed by atoms with van der Waals surface area (Å²) in [5.74, 6) is 1.85. The number of benzene rings is 1. The highest BCUT2D eigenvalue weighted by Gasteiger charge is 2.19. The third-order valence-corrected chi connectivity index (χ3v) is 6.59. The number of halogens is 3. The molecule has 1 fully saturated rings. The molecular formula is C22H28Cl3N7O2S. The molecule has 0 spiro atoms. The molecule has 0 unspecified atom stereocenters. The number of amides is 1. The number of nitrogens with zero attached hydrogens (tertiary/aromatic N) is 5. The van der Waals surface area contributed by atoms with Crippen LogP contribution in [-0.4, -0.2) is 70.2 Å². The highest BCUT2D eigenvalue weighted by molar-refractivity contribution is 7.17. The lowest BCUT2D eigenvalue weighted by atomic mass is 10.2. The third kappa shape index (κ3) is 7.39. The zero-order chi connectivity index (χ0) is 23.4. The SMILES string of the molecule is Cc1nc(Nc2ncc(C(=O)Nc3c(C)cccc3Cl)s2)cc(N2CCN(CCO)CC2)n1.Cl.Cl. The van der Waals surface area contributed by atoms with E-state index >= 15 is 0 Å². The second kappa shape index (κ2) is 13.2. The summed E-state index contributed by atoms with van der Waals surface area (Å²) in [5.41, 5.74) is 1.49. The van der Waals surface area contributed by atoms with Crippen molar-refractivity contribution < 1.29 is 9.90 Å². The highest BCUT2D eigenvalue weighted by Crippen LogP contribution is 2.28. The number of aliphatic hydroxyl groups excluding tert-OH is 1. The van der Waals surface area contributed by atoms with Crippen molar-refractivity contribution in [1.29, 1.82) is 0 Å². The van der Waals surface area contributed by atoms with Crippen molar-refractivity contribution in [3.8, 4) is 0 Å². The van der Waals surface area contributed by atoms with Crippen LogP contribution in [0.4, 0.5) is 22.5 Å². The van der Waals surface area contributed by atoms with Gasteiger partial charge in [0.2, 0.25) is 0 Å². The van der Waals surface area contributed by atoms with Crippen LogP contribution in [0, 0.1) is 13.8 Å². The van der Waals surface area contributed by atoms with Gasteiger partial charge in [-0.1, -0.05) is 35.1 Å². The fourth-order valence-electron chi connectivity index (χ4n) is 3.63. The maximum atomic E-state index is 12.7. The minimum absolute atomic E-state index is 0. The number of hydrogen-bond donors (Lipinski definition) is 3. The molecule has 0 bridgehead atoms. The number of carbonyl (C=O) groups excluding carboxylic acids is 1. The zero-order valence-corrected chi connectivity index (χ0v) is 22.5. The Morgan fingerprint density at radius 2 is 1.91 bits per heavy atom. The standard InChI is InChI=1S/C22H26ClN7O2S.2ClH/c1-14-4-3-5-16(23)20(14)28-21(32)17-13-24-22(33-17)27-18-12-19(26-15(2)25-18)30-8-6-29(7-9-30)10-11-31;;/h3-5,12-13,31H,6-11H2,1-2H3,(H,28,32)(H,24,25,26,27);2*1H. The number of aliphatic hydroxyl groups is 1. The molecule has 190 valence electrons. The predicted molar refractivity (Wildman–Crippen MR) is 147 cm³/mol. The molecule has 0 saturated carbocycles. The number of anilines is 4. The topological polar surface area (TPSA) is 107 Å². The Bertz CT molecular complexity index is 1120. The molecule has 1 aliphatic rings. The number of aryl methyl sites for hydroxylation is 2. The molecule has 35 heavy (non-hydrogen) atoms. The van der Waals surface area contributed by atoms with E-state index in [1.54, 1.807) is 6.07 Å². The molecule has 3 N–H and O–H groups in total. The first-order chi connectivity index (χ1) is 15.9. The van der Waals surface area contributed by atoms with Crippen LogP contribution in [0.2, 0.25) is 5.02 Å². The van der Waals surface area contributed by atoms with E-state index in [9.17, 15) is 4.79 Å². The van der Waals surface area contributed by atoms with Crippen LogP contribution in [-0.2, 0) is 0 Å². The molecule has 13 heteroatoms. The number of hydrogen-bond acceptors (Lipinski definition) is 9. The number of para-hydroxylation sites is 1. The predicted octanol–water partition coefficient (Wildman–Crippen LogP) is 4.16. The van der Waals surface area contributed by atoms with E-state index in [4.69, 9.17) is 16.7 Å². The first kappa shape index (κ1) is 29.0. The van der Waals surface area contributed by atoms with Gasteiger partial charge in [0.05, 0.1) is 23.5 Å². The van der Waals surface area contributed by atoms with E-state index < -0.39 is 0 Å². The molecule has 4 rings (SSSR count). The fraction of sp³-hybridized carbons (Fsp3) is 0.364. The normalized spacial score (nSPS) is 13.5. The fourth-order valence-corrected chi connectivity index (χ4v) is 4.62. The van der Waals surface area contributed by atoms with E-state index in [0.717, 1.165) is 37.6 Å². The molecular weight excluding hydrogens is 533 g/mol. The molecule has 0 atom stereocenters. The van der Waals surface area contributed by atoms with Gasteiger partial charge in [-0.15, -0.1) is 24.8 Å². The summed E-state index contributed by atoms with van der Waals surface area (Å²) in [7, 11) is 0. The van der Waals surface area contributed by atoms with Gasteiger partial charge in [-0.05, 0) is 25.5 Å². The number of piperazine rings is 1. The van der Waals surface area contributed by atoms with Crippen molar-refractivity contribution in [2.24, 2.45) is 0 Å². The quantitative estimate of drug-likeness (QED) is 0.396. The van der Waals surface area contributed by atoms with E-state index in [2.05, 4.69) is 35.4 Å². The van der Waals surface area contributed by atoms with Crippen molar-refractivity contribution in [1.82, 2.24) is 19.9 Å². The van der Waals surface area contributed by atoms with Gasteiger partial charge in [0.1, 0.15) is 22.3 Å². The number of thiazole rings is 1.